The predicted molar refractivity (Wildman–Crippen MR) is 82.0 cm³/mol. The Morgan fingerprint density at radius 3 is 2.00 bits per heavy atom. The molecule has 0 aromatic heterocycles. The average Bonchev–Trinajstić information content (AvgIpc) is 2.29. The number of carbonyl (C=O) groups is 1. The molecule has 0 aliphatic rings. The molecule has 0 fully saturated rings. The van der Waals surface area contributed by atoms with Crippen LogP contribution in [0.3, 0.4) is 0 Å². The molecule has 17 heavy (non-hydrogen) atoms. The highest BCUT2D eigenvalue weighted by atomic mass is 79.9. The van der Waals surface area contributed by atoms with Crippen molar-refractivity contribution in [3.8, 4) is 0 Å². The Bertz CT molecular complexity index is 178. The number of rotatable bonds is 12. The summed E-state index contributed by atoms with van der Waals surface area (Å²) in [6, 6.07) is 0. The molecule has 2 heteroatoms. The maximum atomic E-state index is 11.5. The van der Waals surface area contributed by atoms with Crippen molar-refractivity contribution < 1.29 is 4.79 Å². The Hall–Kier alpha value is -0.110. The zero-order chi connectivity index (χ0) is 12.1. The van der Waals surface area contributed by atoms with E-state index in [1.165, 1.54) is 38.5 Å². The molecular weight excluding hydrogens is 276 g/mol. The number of halogens is 1. The largest absolute Gasteiger partial charge is 0.300 e. The van der Waals surface area contributed by atoms with Crippen LogP contribution in [0.5, 0.6) is 0 Å². The highest BCUT2D eigenvalue weighted by molar-refractivity contribution is 8.93. The molecule has 102 valence electrons. The van der Waals surface area contributed by atoms with E-state index in [9.17, 15) is 4.79 Å². The summed E-state index contributed by atoms with van der Waals surface area (Å²) in [5.74, 6) is 0.472. The topological polar surface area (TPSA) is 17.1 Å². The second-order valence-corrected chi connectivity index (χ2v) is 4.59. The number of hydrogen-bond acceptors (Lipinski definition) is 1. The van der Waals surface area contributed by atoms with Crippen LogP contribution in [0.15, 0.2) is 12.7 Å². The average molecular weight is 305 g/mol. The molecule has 0 aromatic carbocycles. The third-order valence-corrected chi connectivity index (χ3v) is 2.92. The maximum absolute atomic E-state index is 11.5. The van der Waals surface area contributed by atoms with Gasteiger partial charge in [0.1, 0.15) is 5.78 Å². The van der Waals surface area contributed by atoms with E-state index in [0.29, 0.717) is 5.78 Å². The van der Waals surface area contributed by atoms with E-state index >= 15 is 0 Å². The van der Waals surface area contributed by atoms with E-state index in [0.717, 1.165) is 32.1 Å². The third kappa shape index (κ3) is 15.9. The van der Waals surface area contributed by atoms with Gasteiger partial charge in [-0.05, 0) is 25.7 Å². The molecule has 0 aliphatic carbocycles. The van der Waals surface area contributed by atoms with Gasteiger partial charge in [-0.2, -0.15) is 0 Å². The zero-order valence-electron chi connectivity index (χ0n) is 11.4. The quantitative estimate of drug-likeness (QED) is 0.337. The monoisotopic (exact) mass is 304 g/mol. The van der Waals surface area contributed by atoms with E-state index in [-0.39, 0.29) is 17.0 Å². The molecule has 0 atom stereocenters. The van der Waals surface area contributed by atoms with Crippen molar-refractivity contribution in [1.29, 1.82) is 0 Å². The molecular formula is C15H29BrO. The van der Waals surface area contributed by atoms with Crippen LogP contribution in [-0.2, 0) is 4.79 Å². The van der Waals surface area contributed by atoms with Crippen LogP contribution in [0.2, 0.25) is 0 Å². The van der Waals surface area contributed by atoms with Crippen LogP contribution in [0.4, 0.5) is 0 Å². The minimum Gasteiger partial charge on any atom is -0.300 e. The molecule has 0 radical (unpaired) electrons. The number of unbranched alkanes of at least 4 members (excludes halogenated alkanes) is 7. The van der Waals surface area contributed by atoms with Gasteiger partial charge in [0.2, 0.25) is 0 Å². The molecule has 0 bridgehead atoms. The van der Waals surface area contributed by atoms with Crippen LogP contribution >= 0.6 is 17.0 Å². The van der Waals surface area contributed by atoms with Crippen molar-refractivity contribution in [3.05, 3.63) is 12.7 Å². The summed E-state index contributed by atoms with van der Waals surface area (Å²) in [7, 11) is 0. The Morgan fingerprint density at radius 2 is 1.47 bits per heavy atom. The van der Waals surface area contributed by atoms with E-state index in [1.54, 1.807) is 0 Å². The fraction of sp³-hybridized carbons (Fsp3) is 0.800. The van der Waals surface area contributed by atoms with Crippen molar-refractivity contribution in [1.82, 2.24) is 0 Å². The van der Waals surface area contributed by atoms with E-state index in [1.807, 2.05) is 6.08 Å². The molecule has 1 nitrogen and oxygen atoms in total. The van der Waals surface area contributed by atoms with Gasteiger partial charge in [0, 0.05) is 12.8 Å². The van der Waals surface area contributed by atoms with Gasteiger partial charge in [0.05, 0.1) is 0 Å². The minimum absolute atomic E-state index is 0. The SMILES string of the molecule is Br.C=CCCCCCCC(=O)CCCCCC. The summed E-state index contributed by atoms with van der Waals surface area (Å²) >= 11 is 0. The Labute approximate surface area is 118 Å². The summed E-state index contributed by atoms with van der Waals surface area (Å²) in [6.07, 6.45) is 14.3. The van der Waals surface area contributed by atoms with Gasteiger partial charge >= 0.3 is 0 Å². The van der Waals surface area contributed by atoms with E-state index < -0.39 is 0 Å². The van der Waals surface area contributed by atoms with Gasteiger partial charge in [-0.15, -0.1) is 23.6 Å². The second-order valence-electron chi connectivity index (χ2n) is 4.59. The second kappa shape index (κ2) is 15.9. The summed E-state index contributed by atoms with van der Waals surface area (Å²) in [5, 5.41) is 0. The first-order valence-corrected chi connectivity index (χ1v) is 6.93. The predicted octanol–water partition coefficient (Wildman–Crippen LogP) is 5.63. The lowest BCUT2D eigenvalue weighted by Crippen LogP contribution is -1.97. The van der Waals surface area contributed by atoms with Crippen LogP contribution in [-0.4, -0.2) is 5.78 Å². The summed E-state index contributed by atoms with van der Waals surface area (Å²) in [6.45, 7) is 5.90. The van der Waals surface area contributed by atoms with Crippen molar-refractivity contribution in [2.24, 2.45) is 0 Å². The standard InChI is InChI=1S/C15H28O.BrH/c1-3-5-7-9-10-12-14-15(16)13-11-8-6-4-2;/h3H,1,4-14H2,2H3;1H. The fourth-order valence-corrected chi connectivity index (χ4v) is 1.84. The Balaban J connectivity index is 0. The molecule has 0 aliphatic heterocycles. The van der Waals surface area contributed by atoms with Crippen LogP contribution < -0.4 is 0 Å². The first-order chi connectivity index (χ1) is 7.81. The molecule has 0 unspecified atom stereocenters. The van der Waals surface area contributed by atoms with Crippen LogP contribution in [0, 0.1) is 0 Å². The van der Waals surface area contributed by atoms with Crippen LogP contribution in [0.1, 0.15) is 77.6 Å². The van der Waals surface area contributed by atoms with Crippen LogP contribution in [0.25, 0.3) is 0 Å². The van der Waals surface area contributed by atoms with Gasteiger partial charge < -0.3 is 0 Å². The maximum Gasteiger partial charge on any atom is 0.132 e. The van der Waals surface area contributed by atoms with Crippen molar-refractivity contribution in [3.63, 3.8) is 0 Å². The normalized spacial score (nSPS) is 9.71. The molecule has 0 aromatic rings. The molecule has 0 rings (SSSR count). The summed E-state index contributed by atoms with van der Waals surface area (Å²) in [4.78, 5) is 11.5. The highest BCUT2D eigenvalue weighted by Gasteiger charge is 2.01. The number of allylic oxidation sites excluding steroid dienone is 1. The number of carbonyl (C=O) groups excluding carboxylic acids is 1. The first kappa shape index (κ1) is 19.2. The van der Waals surface area contributed by atoms with Gasteiger partial charge in [0.25, 0.3) is 0 Å². The molecule has 0 saturated heterocycles. The van der Waals surface area contributed by atoms with E-state index in [4.69, 9.17) is 0 Å². The van der Waals surface area contributed by atoms with E-state index in [2.05, 4.69) is 13.5 Å². The molecule has 0 amide bonds. The van der Waals surface area contributed by atoms with Gasteiger partial charge in [0.15, 0.2) is 0 Å². The molecule has 0 spiro atoms. The molecule has 0 heterocycles. The lowest BCUT2D eigenvalue weighted by atomic mass is 10.0. The first-order valence-electron chi connectivity index (χ1n) is 6.93. The number of Topliss-reactive ketones (excluding diaryl/α,β-unsaturated/α-hetero) is 1. The summed E-state index contributed by atoms with van der Waals surface area (Å²) in [5.41, 5.74) is 0. The third-order valence-electron chi connectivity index (χ3n) is 2.92. The number of ketones is 1. The molecule has 0 saturated carbocycles. The Kier molecular flexibility index (Phi) is 18.0. The van der Waals surface area contributed by atoms with Crippen molar-refractivity contribution in [2.75, 3.05) is 0 Å². The highest BCUT2D eigenvalue weighted by Crippen LogP contribution is 2.09. The van der Waals surface area contributed by atoms with Gasteiger partial charge in [-0.1, -0.05) is 45.1 Å². The lowest BCUT2D eigenvalue weighted by molar-refractivity contribution is -0.119. The molecule has 0 N–H and O–H groups in total. The minimum atomic E-state index is 0. The number of hydrogen-bond donors (Lipinski definition) is 0. The van der Waals surface area contributed by atoms with Gasteiger partial charge in [-0.25, -0.2) is 0 Å². The van der Waals surface area contributed by atoms with Crippen molar-refractivity contribution in [2.45, 2.75) is 77.6 Å². The zero-order valence-corrected chi connectivity index (χ0v) is 13.1. The van der Waals surface area contributed by atoms with Crippen molar-refractivity contribution >= 4 is 22.8 Å². The smallest absolute Gasteiger partial charge is 0.132 e. The fourth-order valence-electron chi connectivity index (χ4n) is 1.84. The van der Waals surface area contributed by atoms with Gasteiger partial charge in [-0.3, -0.25) is 4.79 Å². The summed E-state index contributed by atoms with van der Waals surface area (Å²) < 4.78 is 0. The Morgan fingerprint density at radius 1 is 0.941 bits per heavy atom. The lowest BCUT2D eigenvalue weighted by Gasteiger charge is -2.01.